The molecule has 2 saturated heterocycles. The molecule has 33 heavy (non-hydrogen) atoms. The summed E-state index contributed by atoms with van der Waals surface area (Å²) in [7, 11) is 0. The highest BCUT2D eigenvalue weighted by Gasteiger charge is 2.47. The van der Waals surface area contributed by atoms with Gasteiger partial charge in [-0.25, -0.2) is 4.99 Å². The predicted molar refractivity (Wildman–Crippen MR) is 133 cm³/mol. The molecule has 0 saturated carbocycles. The van der Waals surface area contributed by atoms with E-state index in [-0.39, 0.29) is 22.1 Å². The van der Waals surface area contributed by atoms with Gasteiger partial charge in [-0.15, -0.1) is 11.8 Å². The van der Waals surface area contributed by atoms with Crippen molar-refractivity contribution in [3.8, 4) is 6.07 Å². The third-order valence-corrected chi connectivity index (χ3v) is 8.05. The van der Waals surface area contributed by atoms with Crippen molar-refractivity contribution in [3.63, 3.8) is 0 Å². The molecule has 178 valence electrons. The number of amides is 1. The van der Waals surface area contributed by atoms with E-state index >= 15 is 0 Å². The molecule has 1 aromatic rings. The third-order valence-electron chi connectivity index (χ3n) is 6.55. The van der Waals surface area contributed by atoms with Crippen LogP contribution in [0.1, 0.15) is 39.2 Å². The number of hydrogen-bond acceptors (Lipinski definition) is 7. The van der Waals surface area contributed by atoms with E-state index in [0.717, 1.165) is 18.7 Å². The Labute approximate surface area is 201 Å². The van der Waals surface area contributed by atoms with Crippen molar-refractivity contribution in [2.24, 2.45) is 10.9 Å². The Morgan fingerprint density at radius 3 is 2.64 bits per heavy atom. The number of rotatable bonds is 9. The van der Waals surface area contributed by atoms with Crippen LogP contribution >= 0.6 is 11.8 Å². The Balaban J connectivity index is 1.33. The number of aliphatic imine (C=N–C) groups is 1. The van der Waals surface area contributed by atoms with Crippen molar-refractivity contribution in [1.29, 1.82) is 5.26 Å². The summed E-state index contributed by atoms with van der Waals surface area (Å²) in [4.78, 5) is 22.0. The van der Waals surface area contributed by atoms with E-state index in [0.29, 0.717) is 25.6 Å². The van der Waals surface area contributed by atoms with Gasteiger partial charge < -0.3 is 19.9 Å². The Hall–Kier alpha value is -2.24. The van der Waals surface area contributed by atoms with Crippen LogP contribution in [0, 0.1) is 17.2 Å². The van der Waals surface area contributed by atoms with Crippen molar-refractivity contribution in [1.82, 2.24) is 9.80 Å². The molecule has 0 aromatic heterocycles. The first-order valence-electron chi connectivity index (χ1n) is 12.0. The zero-order chi connectivity index (χ0) is 23.4. The van der Waals surface area contributed by atoms with E-state index in [4.69, 9.17) is 4.74 Å². The minimum absolute atomic E-state index is 0.0698. The number of nitrogens with zero attached hydrogens (tertiary/aromatic N) is 4. The number of thioether (sulfide) groups is 1. The summed E-state index contributed by atoms with van der Waals surface area (Å²) in [6.45, 7) is 11.1. The van der Waals surface area contributed by atoms with E-state index in [1.165, 1.54) is 31.5 Å². The lowest BCUT2D eigenvalue weighted by atomic mass is 10.1. The minimum Gasteiger partial charge on any atom is -0.477 e. The highest BCUT2D eigenvalue weighted by Crippen LogP contribution is 2.38. The first kappa shape index (κ1) is 23.9. The molecule has 4 rings (SSSR count). The highest BCUT2D eigenvalue weighted by atomic mass is 32.2. The zero-order valence-electron chi connectivity index (χ0n) is 19.9. The maximum absolute atomic E-state index is 13.1. The lowest BCUT2D eigenvalue weighted by Crippen LogP contribution is -2.41. The van der Waals surface area contributed by atoms with Crippen molar-refractivity contribution in [3.05, 3.63) is 29.8 Å². The van der Waals surface area contributed by atoms with E-state index in [1.807, 2.05) is 20.8 Å². The Morgan fingerprint density at radius 2 is 2.03 bits per heavy atom. The van der Waals surface area contributed by atoms with Gasteiger partial charge in [0.15, 0.2) is 5.92 Å². The van der Waals surface area contributed by atoms with E-state index in [1.54, 1.807) is 16.7 Å². The molecule has 2 fully saturated rings. The van der Waals surface area contributed by atoms with Crippen LogP contribution in [0.5, 0.6) is 0 Å². The fourth-order valence-electron chi connectivity index (χ4n) is 4.65. The summed E-state index contributed by atoms with van der Waals surface area (Å²) < 4.78 is 5.75. The van der Waals surface area contributed by atoms with Gasteiger partial charge in [-0.2, -0.15) is 5.26 Å². The number of ether oxygens (including phenoxy) is 1. The third kappa shape index (κ3) is 5.64. The second-order valence-electron chi connectivity index (χ2n) is 9.67. The SMILES string of the molecule is CCN1C(=O)C(CNc2ccc(CCN3CCCC3)cc2)SC1C(C#N)C1=NC(C)(C)CO1. The highest BCUT2D eigenvalue weighted by molar-refractivity contribution is 8.01. The molecule has 1 N–H and O–H groups in total. The molecule has 0 spiro atoms. The van der Waals surface area contributed by atoms with Crippen molar-refractivity contribution >= 4 is 29.3 Å². The van der Waals surface area contributed by atoms with Crippen LogP contribution < -0.4 is 5.32 Å². The summed E-state index contributed by atoms with van der Waals surface area (Å²) in [5, 5.41) is 12.8. The van der Waals surface area contributed by atoms with Crippen LogP contribution in [0.3, 0.4) is 0 Å². The fraction of sp³-hybridized carbons (Fsp3) is 0.640. The first-order chi connectivity index (χ1) is 15.9. The largest absolute Gasteiger partial charge is 0.477 e. The number of anilines is 1. The van der Waals surface area contributed by atoms with Gasteiger partial charge in [-0.1, -0.05) is 12.1 Å². The molecular formula is C25H35N5O2S. The monoisotopic (exact) mass is 469 g/mol. The van der Waals surface area contributed by atoms with Gasteiger partial charge in [0, 0.05) is 25.3 Å². The number of benzene rings is 1. The number of nitriles is 1. The summed E-state index contributed by atoms with van der Waals surface area (Å²) in [5.41, 5.74) is 2.03. The van der Waals surface area contributed by atoms with Crippen LogP contribution in [-0.4, -0.2) is 77.1 Å². The minimum atomic E-state index is -0.555. The van der Waals surface area contributed by atoms with Crippen molar-refractivity contribution in [2.45, 2.75) is 56.2 Å². The molecule has 3 atom stereocenters. The van der Waals surface area contributed by atoms with Crippen LogP contribution in [0.15, 0.2) is 29.3 Å². The molecule has 3 aliphatic heterocycles. The topological polar surface area (TPSA) is 81.0 Å². The number of carbonyl (C=O) groups excluding carboxylic acids is 1. The van der Waals surface area contributed by atoms with Gasteiger partial charge in [0.2, 0.25) is 11.8 Å². The smallest absolute Gasteiger partial charge is 0.238 e. The van der Waals surface area contributed by atoms with Gasteiger partial charge in [-0.3, -0.25) is 4.79 Å². The van der Waals surface area contributed by atoms with Crippen molar-refractivity contribution < 1.29 is 9.53 Å². The molecule has 3 unspecified atom stereocenters. The van der Waals surface area contributed by atoms with Crippen LogP contribution in [0.4, 0.5) is 5.69 Å². The molecular weight excluding hydrogens is 434 g/mol. The Kier molecular flexibility index (Phi) is 7.50. The Bertz CT molecular complexity index is 904. The molecule has 3 aliphatic rings. The number of nitrogens with one attached hydrogen (secondary N) is 1. The van der Waals surface area contributed by atoms with E-state index in [2.05, 4.69) is 45.5 Å². The van der Waals surface area contributed by atoms with Gasteiger partial charge in [0.05, 0.1) is 11.6 Å². The number of carbonyl (C=O) groups is 1. The maximum atomic E-state index is 13.1. The van der Waals surface area contributed by atoms with Gasteiger partial charge in [0.25, 0.3) is 0 Å². The molecule has 1 amide bonds. The second-order valence-corrected chi connectivity index (χ2v) is 11.0. The normalized spacial score (nSPS) is 25.6. The molecule has 0 bridgehead atoms. The average Bonchev–Trinajstić information content (AvgIpc) is 3.52. The standard InChI is InChI=1S/C25H35N5O2S/c1-4-30-23(31)21(33-24(30)20(15-26)22-28-25(2,3)17-32-22)16-27-19-9-7-18(8-10-19)11-14-29-12-5-6-13-29/h7-10,20-21,24,27H,4-6,11-14,16-17H2,1-3H3. The maximum Gasteiger partial charge on any atom is 0.238 e. The summed E-state index contributed by atoms with van der Waals surface area (Å²) in [6.07, 6.45) is 3.72. The van der Waals surface area contributed by atoms with Crippen molar-refractivity contribution in [2.75, 3.05) is 44.6 Å². The van der Waals surface area contributed by atoms with Crippen LogP contribution in [-0.2, 0) is 16.0 Å². The molecule has 7 nitrogen and oxygen atoms in total. The van der Waals surface area contributed by atoms with Gasteiger partial charge in [0.1, 0.15) is 17.2 Å². The van der Waals surface area contributed by atoms with Crippen LogP contribution in [0.2, 0.25) is 0 Å². The number of hydrogen-bond donors (Lipinski definition) is 1. The summed E-state index contributed by atoms with van der Waals surface area (Å²) >= 11 is 1.54. The fourth-order valence-corrected chi connectivity index (χ4v) is 6.15. The van der Waals surface area contributed by atoms with Crippen LogP contribution in [0.25, 0.3) is 0 Å². The molecule has 1 aromatic carbocycles. The van der Waals surface area contributed by atoms with E-state index in [9.17, 15) is 10.1 Å². The van der Waals surface area contributed by atoms with E-state index < -0.39 is 5.92 Å². The number of likely N-dealkylation sites (tertiary alicyclic amines) is 1. The summed E-state index contributed by atoms with van der Waals surface area (Å²) in [6, 6.07) is 10.9. The molecule has 0 aliphatic carbocycles. The average molecular weight is 470 g/mol. The first-order valence-corrected chi connectivity index (χ1v) is 13.0. The lowest BCUT2D eigenvalue weighted by Gasteiger charge is -2.25. The van der Waals surface area contributed by atoms with Gasteiger partial charge >= 0.3 is 0 Å². The molecule has 0 radical (unpaired) electrons. The lowest BCUT2D eigenvalue weighted by molar-refractivity contribution is -0.129. The van der Waals surface area contributed by atoms with Gasteiger partial charge in [-0.05, 0) is 70.8 Å². The zero-order valence-corrected chi connectivity index (χ0v) is 20.7. The molecule has 8 heteroatoms. The quantitative estimate of drug-likeness (QED) is 0.597. The predicted octanol–water partition coefficient (Wildman–Crippen LogP) is 3.37. The molecule has 3 heterocycles. The summed E-state index contributed by atoms with van der Waals surface area (Å²) in [5.74, 6) is -0.0229. The second kappa shape index (κ2) is 10.4. The Morgan fingerprint density at radius 1 is 1.30 bits per heavy atom.